The van der Waals surface area contributed by atoms with Crippen molar-refractivity contribution in [1.82, 2.24) is 14.8 Å². The van der Waals surface area contributed by atoms with E-state index in [-0.39, 0.29) is 0 Å². The lowest BCUT2D eigenvalue weighted by atomic mass is 10.0. The first-order valence-corrected chi connectivity index (χ1v) is 9.63. The van der Waals surface area contributed by atoms with Gasteiger partial charge in [-0.3, -0.25) is 0 Å². The molecule has 0 saturated carbocycles. The zero-order valence-electron chi connectivity index (χ0n) is 15.2. The van der Waals surface area contributed by atoms with E-state index in [1.165, 1.54) is 6.33 Å². The van der Waals surface area contributed by atoms with E-state index < -0.39 is 5.79 Å². The van der Waals surface area contributed by atoms with E-state index in [0.29, 0.717) is 47.2 Å². The largest absolute Gasteiger partial charge is 0.457 e. The van der Waals surface area contributed by atoms with Gasteiger partial charge in [0.05, 0.1) is 18.2 Å². The summed E-state index contributed by atoms with van der Waals surface area (Å²) < 4.78 is 19.8. The summed E-state index contributed by atoms with van der Waals surface area (Å²) in [6.07, 6.45) is 3.10. The Morgan fingerprint density at radius 1 is 1.11 bits per heavy atom. The second-order valence-corrected chi connectivity index (χ2v) is 7.61. The topological polar surface area (TPSA) is 58.4 Å². The predicted molar refractivity (Wildman–Crippen MR) is 106 cm³/mol. The summed E-state index contributed by atoms with van der Waals surface area (Å²) in [5.74, 6) is 0.548. The number of aromatic nitrogens is 3. The van der Waals surface area contributed by atoms with Crippen LogP contribution in [0.5, 0.6) is 11.5 Å². The Morgan fingerprint density at radius 2 is 1.82 bits per heavy atom. The van der Waals surface area contributed by atoms with Gasteiger partial charge in [-0.05, 0) is 42.5 Å². The van der Waals surface area contributed by atoms with Crippen molar-refractivity contribution in [3.05, 3.63) is 70.7 Å². The first-order chi connectivity index (χ1) is 13.5. The monoisotopic (exact) mass is 419 g/mol. The van der Waals surface area contributed by atoms with Crippen LogP contribution in [-0.4, -0.2) is 28.0 Å². The van der Waals surface area contributed by atoms with E-state index in [4.69, 9.17) is 37.4 Å². The van der Waals surface area contributed by atoms with E-state index in [1.54, 1.807) is 41.3 Å². The van der Waals surface area contributed by atoms with Crippen molar-refractivity contribution in [2.24, 2.45) is 5.92 Å². The lowest BCUT2D eigenvalue weighted by molar-refractivity contribution is -0.298. The van der Waals surface area contributed by atoms with E-state index in [2.05, 4.69) is 17.0 Å². The summed E-state index contributed by atoms with van der Waals surface area (Å²) in [5, 5.41) is 5.31. The van der Waals surface area contributed by atoms with Crippen LogP contribution >= 0.6 is 23.2 Å². The Bertz CT molecular complexity index is 924. The molecule has 3 aromatic rings. The van der Waals surface area contributed by atoms with Crippen molar-refractivity contribution in [3.8, 4) is 11.5 Å². The molecule has 1 saturated heterocycles. The zero-order chi connectivity index (χ0) is 19.6. The Morgan fingerprint density at radius 3 is 2.46 bits per heavy atom. The van der Waals surface area contributed by atoms with Gasteiger partial charge in [-0.15, -0.1) is 0 Å². The third-order valence-electron chi connectivity index (χ3n) is 4.44. The van der Waals surface area contributed by atoms with E-state index in [9.17, 15) is 0 Å². The molecule has 0 spiro atoms. The third-order valence-corrected chi connectivity index (χ3v) is 5.00. The van der Waals surface area contributed by atoms with E-state index in [0.717, 1.165) is 5.56 Å². The molecule has 0 N–H and O–H groups in total. The molecule has 0 radical (unpaired) electrons. The maximum Gasteiger partial charge on any atom is 0.216 e. The summed E-state index contributed by atoms with van der Waals surface area (Å²) in [4.78, 5) is 4.00. The highest BCUT2D eigenvalue weighted by molar-refractivity contribution is 6.31. The number of rotatable bonds is 5. The summed E-state index contributed by atoms with van der Waals surface area (Å²) in [7, 11) is 0. The van der Waals surface area contributed by atoms with Gasteiger partial charge in [-0.25, -0.2) is 9.67 Å². The minimum Gasteiger partial charge on any atom is -0.457 e. The molecule has 2 heterocycles. The predicted octanol–water partition coefficient (Wildman–Crippen LogP) is 4.91. The van der Waals surface area contributed by atoms with Crippen LogP contribution in [0, 0.1) is 5.92 Å². The molecule has 28 heavy (non-hydrogen) atoms. The van der Waals surface area contributed by atoms with Crippen molar-refractivity contribution in [2.45, 2.75) is 19.3 Å². The fourth-order valence-corrected chi connectivity index (χ4v) is 3.45. The van der Waals surface area contributed by atoms with E-state index >= 15 is 0 Å². The highest BCUT2D eigenvalue weighted by atomic mass is 35.5. The van der Waals surface area contributed by atoms with Gasteiger partial charge >= 0.3 is 0 Å². The van der Waals surface area contributed by atoms with Crippen molar-refractivity contribution in [2.75, 3.05) is 13.2 Å². The molecule has 146 valence electrons. The molecule has 1 aliphatic rings. The van der Waals surface area contributed by atoms with Gasteiger partial charge in [-0.1, -0.05) is 30.1 Å². The van der Waals surface area contributed by atoms with Gasteiger partial charge in [0.2, 0.25) is 5.79 Å². The molecule has 4 rings (SSSR count). The molecule has 8 heteroatoms. The fourth-order valence-electron chi connectivity index (χ4n) is 3.01. The number of hydrogen-bond acceptors (Lipinski definition) is 5. The van der Waals surface area contributed by atoms with Crippen molar-refractivity contribution in [3.63, 3.8) is 0 Å². The Hall–Kier alpha value is -2.12. The van der Waals surface area contributed by atoms with Gasteiger partial charge in [0, 0.05) is 16.5 Å². The van der Waals surface area contributed by atoms with Gasteiger partial charge in [0.25, 0.3) is 0 Å². The molecular weight excluding hydrogens is 401 g/mol. The van der Waals surface area contributed by atoms with Crippen LogP contribution in [0.3, 0.4) is 0 Å². The molecule has 6 nitrogen and oxygen atoms in total. The molecular formula is C20H19Cl2N3O3. The lowest BCUT2D eigenvalue weighted by Gasteiger charge is -2.40. The SMILES string of the molecule is CC1COC(Cn2cncn2)(c2ccc(Oc3ccc(Cl)cc3)cc2Cl)OC1. The lowest BCUT2D eigenvalue weighted by Crippen LogP contribution is -2.44. The first-order valence-electron chi connectivity index (χ1n) is 8.88. The fraction of sp³-hybridized carbons (Fsp3) is 0.300. The quantitative estimate of drug-likeness (QED) is 0.587. The van der Waals surface area contributed by atoms with Crippen LogP contribution in [0.1, 0.15) is 12.5 Å². The Balaban J connectivity index is 1.62. The first kappa shape index (κ1) is 19.2. The number of ether oxygens (including phenoxy) is 3. The second kappa shape index (κ2) is 8.09. The van der Waals surface area contributed by atoms with Crippen LogP contribution in [0.25, 0.3) is 0 Å². The summed E-state index contributed by atoms with van der Waals surface area (Å²) in [6.45, 7) is 3.54. The number of benzene rings is 2. The average Bonchev–Trinajstić information content (AvgIpc) is 3.19. The standard InChI is InChI=1S/C20H19Cl2N3O3/c1-14-9-26-20(27-10-14,11-25-13-23-12-24-25)18-7-6-17(8-19(18)22)28-16-4-2-15(21)3-5-16/h2-8,12-14H,9-11H2,1H3. The van der Waals surface area contributed by atoms with Gasteiger partial charge in [0.1, 0.15) is 30.7 Å². The van der Waals surface area contributed by atoms with Gasteiger partial charge in [0.15, 0.2) is 0 Å². The zero-order valence-corrected chi connectivity index (χ0v) is 16.7. The molecule has 2 aromatic carbocycles. The van der Waals surface area contributed by atoms with Crippen LogP contribution in [0.2, 0.25) is 10.0 Å². The van der Waals surface area contributed by atoms with Crippen LogP contribution in [0.4, 0.5) is 0 Å². The molecule has 1 fully saturated rings. The second-order valence-electron chi connectivity index (χ2n) is 6.77. The molecule has 0 unspecified atom stereocenters. The number of hydrogen-bond donors (Lipinski definition) is 0. The van der Waals surface area contributed by atoms with Crippen molar-refractivity contribution < 1.29 is 14.2 Å². The summed E-state index contributed by atoms with van der Waals surface area (Å²) >= 11 is 12.5. The normalized spacial score (nSPS) is 22.2. The smallest absolute Gasteiger partial charge is 0.216 e. The Labute approximate surface area is 173 Å². The van der Waals surface area contributed by atoms with Crippen LogP contribution < -0.4 is 4.74 Å². The van der Waals surface area contributed by atoms with Crippen molar-refractivity contribution >= 4 is 23.2 Å². The molecule has 1 aromatic heterocycles. The maximum absolute atomic E-state index is 6.61. The number of nitrogens with zero attached hydrogens (tertiary/aromatic N) is 3. The molecule has 0 atom stereocenters. The molecule has 0 aliphatic carbocycles. The minimum absolute atomic E-state index is 0.301. The Kier molecular flexibility index (Phi) is 5.55. The van der Waals surface area contributed by atoms with Crippen LogP contribution in [0.15, 0.2) is 55.1 Å². The van der Waals surface area contributed by atoms with E-state index in [1.807, 2.05) is 12.1 Å². The van der Waals surface area contributed by atoms with Crippen LogP contribution in [-0.2, 0) is 21.8 Å². The minimum atomic E-state index is -1.03. The van der Waals surface area contributed by atoms with Crippen molar-refractivity contribution in [1.29, 1.82) is 0 Å². The number of halogens is 2. The summed E-state index contributed by atoms with van der Waals surface area (Å²) in [6, 6.07) is 12.6. The molecule has 0 bridgehead atoms. The maximum atomic E-state index is 6.61. The van der Waals surface area contributed by atoms with Gasteiger partial charge in [-0.2, -0.15) is 5.10 Å². The molecule has 0 amide bonds. The highest BCUT2D eigenvalue weighted by Gasteiger charge is 2.41. The third kappa shape index (κ3) is 4.15. The molecule has 1 aliphatic heterocycles. The average molecular weight is 420 g/mol. The summed E-state index contributed by atoms with van der Waals surface area (Å²) in [5.41, 5.74) is 0.722. The highest BCUT2D eigenvalue weighted by Crippen LogP contribution is 2.39. The van der Waals surface area contributed by atoms with Gasteiger partial charge < -0.3 is 14.2 Å².